The van der Waals surface area contributed by atoms with Gasteiger partial charge in [-0.15, -0.1) is 0 Å². The summed E-state index contributed by atoms with van der Waals surface area (Å²) >= 11 is 0. The third-order valence-electron chi connectivity index (χ3n) is 4.12. The Balaban J connectivity index is 1.92. The Morgan fingerprint density at radius 2 is 2.00 bits per heavy atom. The van der Waals surface area contributed by atoms with Crippen molar-refractivity contribution < 1.29 is 9.90 Å². The Hall–Kier alpha value is -1.15. The number of unbranched alkanes of at least 4 members (excludes halogenated alkanes) is 2. The zero-order valence-corrected chi connectivity index (χ0v) is 11.8. The van der Waals surface area contributed by atoms with Crippen LogP contribution in [0.1, 0.15) is 75.0 Å². The number of carbonyl (C=O) groups is 1. The molecule has 1 aromatic carbocycles. The molecule has 0 radical (unpaired) electrons. The lowest BCUT2D eigenvalue weighted by Gasteiger charge is -2.13. The molecule has 2 atom stereocenters. The topological polar surface area (TPSA) is 37.3 Å². The molecule has 19 heavy (non-hydrogen) atoms. The third kappa shape index (κ3) is 3.90. The van der Waals surface area contributed by atoms with Crippen molar-refractivity contribution >= 4 is 5.78 Å². The van der Waals surface area contributed by atoms with Crippen LogP contribution in [0.3, 0.4) is 0 Å². The molecule has 0 spiro atoms. The van der Waals surface area contributed by atoms with Crippen LogP contribution in [0.15, 0.2) is 24.3 Å². The second kappa shape index (κ2) is 6.85. The molecule has 1 aliphatic carbocycles. The van der Waals surface area contributed by atoms with E-state index in [1.54, 1.807) is 0 Å². The highest BCUT2D eigenvalue weighted by Gasteiger charge is 2.23. The Labute approximate surface area is 115 Å². The Morgan fingerprint density at radius 3 is 2.58 bits per heavy atom. The molecule has 1 fully saturated rings. The molecule has 104 valence electrons. The van der Waals surface area contributed by atoms with E-state index in [0.29, 0.717) is 18.1 Å². The van der Waals surface area contributed by atoms with Gasteiger partial charge in [-0.1, -0.05) is 50.5 Å². The maximum absolute atomic E-state index is 11.3. The first-order valence-corrected chi connectivity index (χ1v) is 7.50. The number of benzene rings is 1. The molecule has 1 aromatic rings. The van der Waals surface area contributed by atoms with E-state index in [9.17, 15) is 9.90 Å². The van der Waals surface area contributed by atoms with E-state index in [-0.39, 0.29) is 6.10 Å². The van der Waals surface area contributed by atoms with Gasteiger partial charge in [-0.25, -0.2) is 0 Å². The number of rotatable bonds is 6. The average Bonchev–Trinajstić information content (AvgIpc) is 2.86. The second-order valence-electron chi connectivity index (χ2n) is 5.66. The lowest BCUT2D eigenvalue weighted by Crippen LogP contribution is -1.99. The SMILES string of the molecule is CCCCCC(O)c1ccc([C@H]2CCC(=O)C2)cc1. The first kappa shape index (κ1) is 14.3. The van der Waals surface area contributed by atoms with Gasteiger partial charge in [0.05, 0.1) is 6.10 Å². The Morgan fingerprint density at radius 1 is 1.26 bits per heavy atom. The quantitative estimate of drug-likeness (QED) is 0.781. The highest BCUT2D eigenvalue weighted by atomic mass is 16.3. The molecule has 1 unspecified atom stereocenters. The van der Waals surface area contributed by atoms with E-state index in [1.807, 2.05) is 12.1 Å². The number of hydrogen-bond acceptors (Lipinski definition) is 2. The van der Waals surface area contributed by atoms with Crippen molar-refractivity contribution in [1.82, 2.24) is 0 Å². The zero-order valence-electron chi connectivity index (χ0n) is 11.8. The monoisotopic (exact) mass is 260 g/mol. The summed E-state index contributed by atoms with van der Waals surface area (Å²) in [5.41, 5.74) is 2.25. The van der Waals surface area contributed by atoms with Crippen molar-refractivity contribution in [1.29, 1.82) is 0 Å². The van der Waals surface area contributed by atoms with E-state index < -0.39 is 0 Å². The molecular weight excluding hydrogens is 236 g/mol. The van der Waals surface area contributed by atoms with Crippen LogP contribution in [-0.2, 0) is 4.79 Å². The minimum absolute atomic E-state index is 0.342. The van der Waals surface area contributed by atoms with Crippen molar-refractivity contribution in [3.8, 4) is 0 Å². The lowest BCUT2D eigenvalue weighted by molar-refractivity contribution is -0.117. The van der Waals surface area contributed by atoms with Crippen LogP contribution in [0, 0.1) is 0 Å². The van der Waals surface area contributed by atoms with Gasteiger partial charge in [0, 0.05) is 12.8 Å². The number of Topliss-reactive ketones (excluding diaryl/α,β-unsaturated/α-hetero) is 1. The Bertz CT molecular complexity index is 408. The van der Waals surface area contributed by atoms with Crippen LogP contribution in [0.5, 0.6) is 0 Å². The average molecular weight is 260 g/mol. The van der Waals surface area contributed by atoms with Crippen molar-refractivity contribution in [2.75, 3.05) is 0 Å². The smallest absolute Gasteiger partial charge is 0.133 e. The summed E-state index contributed by atoms with van der Waals surface area (Å²) in [6.45, 7) is 2.17. The number of hydrogen-bond donors (Lipinski definition) is 1. The minimum atomic E-state index is -0.342. The fraction of sp³-hybridized carbons (Fsp3) is 0.588. The first-order chi connectivity index (χ1) is 9.20. The molecule has 2 nitrogen and oxygen atoms in total. The number of carbonyl (C=O) groups excluding carboxylic acids is 1. The highest BCUT2D eigenvalue weighted by molar-refractivity contribution is 5.81. The van der Waals surface area contributed by atoms with Crippen LogP contribution in [0.4, 0.5) is 0 Å². The van der Waals surface area contributed by atoms with Gasteiger partial charge in [0.15, 0.2) is 0 Å². The number of ketones is 1. The molecule has 0 saturated heterocycles. The normalized spacial score (nSPS) is 20.7. The van der Waals surface area contributed by atoms with E-state index in [1.165, 1.54) is 18.4 Å². The fourth-order valence-corrected chi connectivity index (χ4v) is 2.84. The summed E-state index contributed by atoms with van der Waals surface area (Å²) in [4.78, 5) is 11.3. The number of aliphatic hydroxyl groups excluding tert-OH is 1. The first-order valence-electron chi connectivity index (χ1n) is 7.50. The van der Waals surface area contributed by atoms with Crippen molar-refractivity contribution in [3.63, 3.8) is 0 Å². The van der Waals surface area contributed by atoms with Crippen LogP contribution in [0.25, 0.3) is 0 Å². The van der Waals surface area contributed by atoms with Crippen molar-refractivity contribution in [2.24, 2.45) is 0 Å². The van der Waals surface area contributed by atoms with Gasteiger partial charge in [-0.3, -0.25) is 4.79 Å². The molecule has 2 rings (SSSR count). The molecule has 0 bridgehead atoms. The summed E-state index contributed by atoms with van der Waals surface area (Å²) in [7, 11) is 0. The largest absolute Gasteiger partial charge is 0.388 e. The molecule has 1 N–H and O–H groups in total. The van der Waals surface area contributed by atoms with Gasteiger partial charge < -0.3 is 5.11 Å². The summed E-state index contributed by atoms with van der Waals surface area (Å²) in [5, 5.41) is 10.1. The Kier molecular flexibility index (Phi) is 5.15. The lowest BCUT2D eigenvalue weighted by atomic mass is 9.95. The fourth-order valence-electron chi connectivity index (χ4n) is 2.84. The standard InChI is InChI=1S/C17H24O2/c1-2-3-4-5-17(19)14-8-6-13(7-9-14)15-10-11-16(18)12-15/h6-9,15,17,19H,2-5,10-12H2,1H3/t15-,17?/m0/s1. The molecule has 1 saturated carbocycles. The van der Waals surface area contributed by atoms with E-state index in [2.05, 4.69) is 19.1 Å². The van der Waals surface area contributed by atoms with Gasteiger partial charge in [0.25, 0.3) is 0 Å². The van der Waals surface area contributed by atoms with Crippen LogP contribution < -0.4 is 0 Å². The maximum atomic E-state index is 11.3. The minimum Gasteiger partial charge on any atom is -0.388 e. The van der Waals surface area contributed by atoms with E-state index in [0.717, 1.165) is 31.2 Å². The predicted molar refractivity (Wildman–Crippen MR) is 77.1 cm³/mol. The molecule has 0 amide bonds. The van der Waals surface area contributed by atoms with Crippen molar-refractivity contribution in [3.05, 3.63) is 35.4 Å². The van der Waals surface area contributed by atoms with E-state index >= 15 is 0 Å². The van der Waals surface area contributed by atoms with Crippen LogP contribution in [0.2, 0.25) is 0 Å². The summed E-state index contributed by atoms with van der Waals surface area (Å²) in [5.74, 6) is 0.785. The summed E-state index contributed by atoms with van der Waals surface area (Å²) in [6.07, 6.45) is 6.35. The molecule has 2 heteroatoms. The van der Waals surface area contributed by atoms with Crippen LogP contribution >= 0.6 is 0 Å². The molecule has 1 aliphatic rings. The molecule has 0 aromatic heterocycles. The highest BCUT2D eigenvalue weighted by Crippen LogP contribution is 2.32. The van der Waals surface area contributed by atoms with Crippen LogP contribution in [-0.4, -0.2) is 10.9 Å². The van der Waals surface area contributed by atoms with Crippen molar-refractivity contribution in [2.45, 2.75) is 63.9 Å². The van der Waals surface area contributed by atoms with Gasteiger partial charge in [0.1, 0.15) is 5.78 Å². The third-order valence-corrected chi connectivity index (χ3v) is 4.12. The second-order valence-corrected chi connectivity index (χ2v) is 5.66. The summed E-state index contributed by atoms with van der Waals surface area (Å²) < 4.78 is 0. The molecule has 0 aliphatic heterocycles. The maximum Gasteiger partial charge on any atom is 0.133 e. The summed E-state index contributed by atoms with van der Waals surface area (Å²) in [6, 6.07) is 8.22. The zero-order chi connectivity index (χ0) is 13.7. The molecular formula is C17H24O2. The number of aliphatic hydroxyl groups is 1. The predicted octanol–water partition coefficient (Wildman–Crippen LogP) is 4.14. The van der Waals surface area contributed by atoms with Gasteiger partial charge in [-0.05, 0) is 29.9 Å². The van der Waals surface area contributed by atoms with Gasteiger partial charge in [-0.2, -0.15) is 0 Å². The van der Waals surface area contributed by atoms with Gasteiger partial charge in [0.2, 0.25) is 0 Å². The molecule has 0 heterocycles. The van der Waals surface area contributed by atoms with Gasteiger partial charge >= 0.3 is 0 Å². The van der Waals surface area contributed by atoms with E-state index in [4.69, 9.17) is 0 Å².